The number of para-hydroxylation sites is 3. The number of rotatable bonds is 7. The molecular formula is C26H23NO3. The molecule has 0 aromatic heterocycles. The molecule has 0 bridgehead atoms. The van der Waals surface area contributed by atoms with Gasteiger partial charge in [0.05, 0.1) is 5.69 Å². The lowest BCUT2D eigenvalue weighted by Crippen LogP contribution is -2.32. The van der Waals surface area contributed by atoms with E-state index in [4.69, 9.17) is 9.47 Å². The molecule has 1 amide bonds. The van der Waals surface area contributed by atoms with E-state index in [9.17, 15) is 4.79 Å². The van der Waals surface area contributed by atoms with E-state index in [0.717, 1.165) is 10.8 Å². The van der Waals surface area contributed by atoms with Crippen LogP contribution in [-0.2, 0) is 4.79 Å². The van der Waals surface area contributed by atoms with Crippen molar-refractivity contribution in [2.75, 3.05) is 5.32 Å². The molecule has 0 fully saturated rings. The Hall–Kier alpha value is -3.79. The number of benzene rings is 4. The van der Waals surface area contributed by atoms with Crippen LogP contribution in [0.25, 0.3) is 10.8 Å². The van der Waals surface area contributed by atoms with Crippen molar-refractivity contribution in [3.63, 3.8) is 0 Å². The second kappa shape index (κ2) is 9.14. The third kappa shape index (κ3) is 4.44. The largest absolute Gasteiger partial charge is 0.480 e. The highest BCUT2D eigenvalue weighted by atomic mass is 16.5. The number of hydrogen-bond acceptors (Lipinski definition) is 3. The lowest BCUT2D eigenvalue weighted by atomic mass is 10.1. The lowest BCUT2D eigenvalue weighted by Gasteiger charge is -2.19. The third-order valence-corrected chi connectivity index (χ3v) is 4.80. The van der Waals surface area contributed by atoms with Gasteiger partial charge in [-0.3, -0.25) is 4.79 Å². The topological polar surface area (TPSA) is 47.6 Å². The van der Waals surface area contributed by atoms with Gasteiger partial charge in [0.1, 0.15) is 11.5 Å². The van der Waals surface area contributed by atoms with Crippen molar-refractivity contribution in [3.05, 3.63) is 97.1 Å². The van der Waals surface area contributed by atoms with Crippen LogP contribution < -0.4 is 14.8 Å². The molecule has 0 heterocycles. The van der Waals surface area contributed by atoms with Gasteiger partial charge >= 0.3 is 0 Å². The summed E-state index contributed by atoms with van der Waals surface area (Å²) in [5, 5.41) is 5.02. The van der Waals surface area contributed by atoms with Gasteiger partial charge in [0.15, 0.2) is 11.9 Å². The number of anilines is 1. The first kappa shape index (κ1) is 19.5. The molecule has 4 aromatic carbocycles. The summed E-state index contributed by atoms with van der Waals surface area (Å²) in [5.74, 6) is 1.77. The molecule has 0 aliphatic carbocycles. The van der Waals surface area contributed by atoms with Crippen LogP contribution in [0.3, 0.4) is 0 Å². The average Bonchev–Trinajstić information content (AvgIpc) is 2.79. The van der Waals surface area contributed by atoms with E-state index in [2.05, 4.69) is 5.32 Å². The smallest absolute Gasteiger partial charge is 0.265 e. The Balaban J connectivity index is 1.53. The van der Waals surface area contributed by atoms with Crippen LogP contribution in [0, 0.1) is 0 Å². The minimum absolute atomic E-state index is 0.213. The molecule has 1 atom stereocenters. The fourth-order valence-electron chi connectivity index (χ4n) is 3.26. The average molecular weight is 397 g/mol. The highest BCUT2D eigenvalue weighted by molar-refractivity contribution is 5.96. The molecule has 150 valence electrons. The number of nitrogens with one attached hydrogen (secondary N) is 1. The first-order valence-corrected chi connectivity index (χ1v) is 10.0. The summed E-state index contributed by atoms with van der Waals surface area (Å²) in [4.78, 5) is 13.0. The van der Waals surface area contributed by atoms with Gasteiger partial charge in [-0.15, -0.1) is 0 Å². The Morgan fingerprint density at radius 2 is 1.47 bits per heavy atom. The second-order valence-corrected chi connectivity index (χ2v) is 6.89. The monoisotopic (exact) mass is 397 g/mol. The number of fused-ring (bicyclic) bond motifs is 1. The number of amides is 1. The van der Waals surface area contributed by atoms with Crippen LogP contribution in [0.2, 0.25) is 0 Å². The van der Waals surface area contributed by atoms with Gasteiger partial charge < -0.3 is 14.8 Å². The Morgan fingerprint density at radius 1 is 0.800 bits per heavy atom. The van der Waals surface area contributed by atoms with E-state index in [1.54, 1.807) is 0 Å². The summed E-state index contributed by atoms with van der Waals surface area (Å²) >= 11 is 0. The van der Waals surface area contributed by atoms with E-state index in [1.165, 1.54) is 0 Å². The van der Waals surface area contributed by atoms with E-state index < -0.39 is 6.10 Å². The van der Waals surface area contributed by atoms with Crippen LogP contribution in [0.4, 0.5) is 5.69 Å². The lowest BCUT2D eigenvalue weighted by molar-refractivity contribution is -0.122. The van der Waals surface area contributed by atoms with E-state index in [-0.39, 0.29) is 5.91 Å². The van der Waals surface area contributed by atoms with Crippen LogP contribution in [-0.4, -0.2) is 12.0 Å². The molecule has 30 heavy (non-hydrogen) atoms. The minimum atomic E-state index is -0.624. The highest BCUT2D eigenvalue weighted by Gasteiger charge is 2.21. The highest BCUT2D eigenvalue weighted by Crippen LogP contribution is 2.30. The Kier molecular flexibility index (Phi) is 5.95. The number of carbonyl (C=O) groups excluding carboxylic acids is 1. The van der Waals surface area contributed by atoms with Gasteiger partial charge in [0.25, 0.3) is 5.91 Å². The molecular weight excluding hydrogens is 374 g/mol. The second-order valence-electron chi connectivity index (χ2n) is 6.89. The predicted molar refractivity (Wildman–Crippen MR) is 120 cm³/mol. The maximum absolute atomic E-state index is 13.0. The zero-order chi connectivity index (χ0) is 20.8. The Bertz CT molecular complexity index is 1140. The first-order chi connectivity index (χ1) is 14.7. The van der Waals surface area contributed by atoms with Gasteiger partial charge in [-0.05, 0) is 42.1 Å². The van der Waals surface area contributed by atoms with E-state index in [0.29, 0.717) is 29.4 Å². The molecule has 0 aliphatic rings. The Morgan fingerprint density at radius 3 is 2.30 bits per heavy atom. The van der Waals surface area contributed by atoms with Crippen molar-refractivity contribution < 1.29 is 14.3 Å². The standard InChI is InChI=1S/C26H23NO3/c1-2-23(30-24-18-10-12-19-11-6-7-15-21(19)24)26(28)27-22-16-8-9-17-25(22)29-20-13-4-3-5-14-20/h3-18,23H,2H2,1H3,(H,27,28). The molecule has 1 unspecified atom stereocenters. The zero-order valence-corrected chi connectivity index (χ0v) is 16.7. The van der Waals surface area contributed by atoms with Gasteiger partial charge in [-0.2, -0.15) is 0 Å². The maximum atomic E-state index is 13.0. The molecule has 0 radical (unpaired) electrons. The molecule has 0 saturated heterocycles. The number of carbonyl (C=O) groups is 1. The van der Waals surface area contributed by atoms with Crippen molar-refractivity contribution in [2.24, 2.45) is 0 Å². The number of ether oxygens (including phenoxy) is 2. The van der Waals surface area contributed by atoms with Crippen molar-refractivity contribution in [1.82, 2.24) is 0 Å². The normalized spacial score (nSPS) is 11.6. The molecule has 0 spiro atoms. The summed E-state index contributed by atoms with van der Waals surface area (Å²) in [6.45, 7) is 1.93. The minimum Gasteiger partial charge on any atom is -0.480 e. The Labute approximate surface area is 176 Å². The van der Waals surface area contributed by atoms with Crippen LogP contribution in [0.15, 0.2) is 97.1 Å². The van der Waals surface area contributed by atoms with E-state index in [1.807, 2.05) is 104 Å². The molecule has 4 nitrogen and oxygen atoms in total. The number of hydrogen-bond donors (Lipinski definition) is 1. The third-order valence-electron chi connectivity index (χ3n) is 4.80. The fourth-order valence-corrected chi connectivity index (χ4v) is 3.26. The van der Waals surface area contributed by atoms with Crippen LogP contribution in [0.1, 0.15) is 13.3 Å². The molecule has 4 heteroatoms. The van der Waals surface area contributed by atoms with Crippen molar-refractivity contribution >= 4 is 22.4 Å². The maximum Gasteiger partial charge on any atom is 0.265 e. The molecule has 0 aliphatic heterocycles. The zero-order valence-electron chi connectivity index (χ0n) is 16.7. The van der Waals surface area contributed by atoms with Gasteiger partial charge in [0.2, 0.25) is 0 Å². The van der Waals surface area contributed by atoms with Crippen LogP contribution in [0.5, 0.6) is 17.2 Å². The summed E-state index contributed by atoms with van der Waals surface area (Å²) < 4.78 is 12.1. The molecule has 4 aromatic rings. The fraction of sp³-hybridized carbons (Fsp3) is 0.115. The van der Waals surface area contributed by atoms with Crippen molar-refractivity contribution in [3.8, 4) is 17.2 Å². The first-order valence-electron chi connectivity index (χ1n) is 10.0. The summed E-state index contributed by atoms with van der Waals surface area (Å²) in [6, 6.07) is 30.7. The molecule has 4 rings (SSSR count). The van der Waals surface area contributed by atoms with E-state index >= 15 is 0 Å². The summed E-state index contributed by atoms with van der Waals surface area (Å²) in [7, 11) is 0. The predicted octanol–water partition coefficient (Wildman–Crippen LogP) is 6.43. The summed E-state index contributed by atoms with van der Waals surface area (Å²) in [5.41, 5.74) is 0.603. The molecule has 1 N–H and O–H groups in total. The van der Waals surface area contributed by atoms with Crippen molar-refractivity contribution in [2.45, 2.75) is 19.4 Å². The van der Waals surface area contributed by atoms with Crippen molar-refractivity contribution in [1.29, 1.82) is 0 Å². The molecule has 0 saturated carbocycles. The SMILES string of the molecule is CCC(Oc1cccc2ccccc12)C(=O)Nc1ccccc1Oc1ccccc1. The van der Waals surface area contributed by atoms with Gasteiger partial charge in [-0.25, -0.2) is 0 Å². The summed E-state index contributed by atoms with van der Waals surface area (Å²) in [6.07, 6.45) is -0.0860. The van der Waals surface area contributed by atoms with Gasteiger partial charge in [0, 0.05) is 5.39 Å². The van der Waals surface area contributed by atoms with Gasteiger partial charge in [-0.1, -0.05) is 73.7 Å². The quantitative estimate of drug-likeness (QED) is 0.391. The van der Waals surface area contributed by atoms with Crippen LogP contribution >= 0.6 is 0 Å².